The summed E-state index contributed by atoms with van der Waals surface area (Å²) in [6.45, 7) is 4.93. The van der Waals surface area contributed by atoms with Gasteiger partial charge in [0.25, 0.3) is 0 Å². The zero-order valence-electron chi connectivity index (χ0n) is 18.9. The van der Waals surface area contributed by atoms with Gasteiger partial charge in [0.15, 0.2) is 0 Å². The molecule has 34 heavy (non-hydrogen) atoms. The summed E-state index contributed by atoms with van der Waals surface area (Å²) in [5, 5.41) is 3.89. The number of amides is 1. The Balaban J connectivity index is 1.18. The van der Waals surface area contributed by atoms with E-state index in [4.69, 9.17) is 0 Å². The van der Waals surface area contributed by atoms with Gasteiger partial charge in [-0.1, -0.05) is 24.3 Å². The average Bonchev–Trinajstić information content (AvgIpc) is 3.31. The molecular formula is C27H27N5OS. The predicted molar refractivity (Wildman–Crippen MR) is 140 cm³/mol. The highest BCUT2D eigenvalue weighted by molar-refractivity contribution is 7.19. The number of carbonyl (C=O) groups excluding carboxylic acids is 1. The fourth-order valence-corrected chi connectivity index (χ4v) is 5.06. The van der Waals surface area contributed by atoms with Gasteiger partial charge < -0.3 is 10.2 Å². The minimum atomic E-state index is -0.150. The molecule has 1 saturated heterocycles. The van der Waals surface area contributed by atoms with Crippen molar-refractivity contribution < 1.29 is 4.79 Å². The van der Waals surface area contributed by atoms with Crippen LogP contribution < -0.4 is 10.2 Å². The quantitative estimate of drug-likeness (QED) is 0.397. The second kappa shape index (κ2) is 10.6. The van der Waals surface area contributed by atoms with Crippen LogP contribution in [0.25, 0.3) is 16.3 Å². The van der Waals surface area contributed by atoms with E-state index in [-0.39, 0.29) is 5.91 Å². The monoisotopic (exact) mass is 469 g/mol. The Hall–Kier alpha value is -3.55. The van der Waals surface area contributed by atoms with Crippen LogP contribution >= 0.6 is 11.3 Å². The maximum atomic E-state index is 12.7. The Labute approximate surface area is 203 Å². The first kappa shape index (κ1) is 22.3. The van der Waals surface area contributed by atoms with E-state index in [1.165, 1.54) is 5.56 Å². The van der Waals surface area contributed by atoms with Crippen LogP contribution in [-0.2, 0) is 11.2 Å². The van der Waals surface area contributed by atoms with E-state index in [1.54, 1.807) is 23.5 Å². The van der Waals surface area contributed by atoms with Crippen molar-refractivity contribution in [3.05, 3.63) is 89.7 Å². The second-order valence-electron chi connectivity index (χ2n) is 8.29. The standard InChI is InChI=1S/C27H27N5OS/c33-26(9-10-27-30-23-6-2-4-8-25(23)34-27)29-22-5-1-3-7-24(22)32-19-17-31(18-20-32)16-13-21-11-14-28-15-12-21/h1-12,14-15H,13,16-20H2,(H,29,33)/b10-9+. The van der Waals surface area contributed by atoms with Crippen LogP contribution in [-0.4, -0.2) is 53.5 Å². The normalized spacial score (nSPS) is 14.6. The van der Waals surface area contributed by atoms with Crippen molar-refractivity contribution in [3.63, 3.8) is 0 Å². The maximum absolute atomic E-state index is 12.7. The van der Waals surface area contributed by atoms with E-state index in [0.29, 0.717) is 0 Å². The van der Waals surface area contributed by atoms with E-state index < -0.39 is 0 Å². The highest BCUT2D eigenvalue weighted by Gasteiger charge is 2.19. The molecule has 0 atom stereocenters. The van der Waals surface area contributed by atoms with E-state index in [9.17, 15) is 4.79 Å². The number of nitrogens with one attached hydrogen (secondary N) is 1. The number of fused-ring (bicyclic) bond motifs is 1. The number of para-hydroxylation sites is 3. The van der Waals surface area contributed by atoms with Gasteiger partial charge in [-0.3, -0.25) is 14.7 Å². The van der Waals surface area contributed by atoms with Crippen LogP contribution in [0.15, 0.2) is 79.1 Å². The summed E-state index contributed by atoms with van der Waals surface area (Å²) in [6.07, 6.45) is 8.09. The van der Waals surface area contributed by atoms with Gasteiger partial charge in [-0.05, 0) is 54.5 Å². The SMILES string of the molecule is O=C(/C=C/c1nc2ccccc2s1)Nc1ccccc1N1CCN(CCc2ccncc2)CC1. The summed E-state index contributed by atoms with van der Waals surface area (Å²) >= 11 is 1.58. The van der Waals surface area contributed by atoms with Crippen molar-refractivity contribution in [2.75, 3.05) is 42.9 Å². The fraction of sp³-hybridized carbons (Fsp3) is 0.222. The number of carbonyl (C=O) groups is 1. The van der Waals surface area contributed by atoms with E-state index in [0.717, 1.165) is 65.7 Å². The first-order valence-corrected chi connectivity index (χ1v) is 12.4. The highest BCUT2D eigenvalue weighted by Crippen LogP contribution is 2.27. The van der Waals surface area contributed by atoms with E-state index in [1.807, 2.05) is 54.9 Å². The molecule has 1 amide bonds. The molecule has 0 saturated carbocycles. The maximum Gasteiger partial charge on any atom is 0.248 e. The summed E-state index contributed by atoms with van der Waals surface area (Å²) in [5.74, 6) is -0.150. The summed E-state index contributed by atoms with van der Waals surface area (Å²) in [4.78, 5) is 26.2. The van der Waals surface area contributed by atoms with Crippen LogP contribution in [0.2, 0.25) is 0 Å². The first-order valence-electron chi connectivity index (χ1n) is 11.5. The summed E-state index contributed by atoms with van der Waals surface area (Å²) in [6, 6.07) is 20.2. The summed E-state index contributed by atoms with van der Waals surface area (Å²) < 4.78 is 1.12. The van der Waals surface area contributed by atoms with Gasteiger partial charge in [-0.2, -0.15) is 0 Å². The number of pyridine rings is 1. The number of thiazole rings is 1. The summed E-state index contributed by atoms with van der Waals surface area (Å²) in [7, 11) is 0. The average molecular weight is 470 g/mol. The Bertz CT molecular complexity index is 1250. The third-order valence-electron chi connectivity index (χ3n) is 6.03. The molecule has 0 aliphatic carbocycles. The molecule has 0 radical (unpaired) electrons. The van der Waals surface area contributed by atoms with Crippen LogP contribution in [0.3, 0.4) is 0 Å². The molecule has 1 aliphatic rings. The van der Waals surface area contributed by atoms with Crippen LogP contribution in [0.5, 0.6) is 0 Å². The van der Waals surface area contributed by atoms with Gasteiger partial charge in [0.1, 0.15) is 5.01 Å². The van der Waals surface area contributed by atoms with Gasteiger partial charge in [0, 0.05) is 51.2 Å². The lowest BCUT2D eigenvalue weighted by molar-refractivity contribution is -0.111. The Morgan fingerprint density at radius 3 is 2.56 bits per heavy atom. The molecule has 6 nitrogen and oxygen atoms in total. The topological polar surface area (TPSA) is 61.4 Å². The number of piperazine rings is 1. The summed E-state index contributed by atoms with van der Waals surface area (Å²) in [5.41, 5.74) is 4.19. The third-order valence-corrected chi connectivity index (χ3v) is 7.03. The molecule has 1 fully saturated rings. The van der Waals surface area contributed by atoms with Gasteiger partial charge in [-0.25, -0.2) is 4.98 Å². The second-order valence-corrected chi connectivity index (χ2v) is 9.36. The predicted octanol–water partition coefficient (Wildman–Crippen LogP) is 4.71. The van der Waals surface area contributed by atoms with Crippen molar-refractivity contribution in [2.24, 2.45) is 0 Å². The number of aromatic nitrogens is 2. The molecule has 2 aromatic carbocycles. The minimum Gasteiger partial charge on any atom is -0.367 e. The van der Waals surface area contributed by atoms with Crippen molar-refractivity contribution in [1.82, 2.24) is 14.9 Å². The van der Waals surface area contributed by atoms with Crippen molar-refractivity contribution in [3.8, 4) is 0 Å². The molecule has 3 heterocycles. The molecule has 1 aliphatic heterocycles. The van der Waals surface area contributed by atoms with Crippen LogP contribution in [0.1, 0.15) is 10.6 Å². The zero-order chi connectivity index (χ0) is 23.2. The number of benzene rings is 2. The molecule has 0 spiro atoms. The zero-order valence-corrected chi connectivity index (χ0v) is 19.7. The third kappa shape index (κ3) is 5.50. The van der Waals surface area contributed by atoms with Crippen LogP contribution in [0.4, 0.5) is 11.4 Å². The van der Waals surface area contributed by atoms with E-state index >= 15 is 0 Å². The smallest absolute Gasteiger partial charge is 0.248 e. The number of hydrogen-bond acceptors (Lipinski definition) is 6. The molecule has 4 aromatic rings. The van der Waals surface area contributed by atoms with Crippen molar-refractivity contribution in [1.29, 1.82) is 0 Å². The van der Waals surface area contributed by atoms with E-state index in [2.05, 4.69) is 43.3 Å². The first-order chi connectivity index (χ1) is 16.7. The lowest BCUT2D eigenvalue weighted by atomic mass is 10.1. The molecular weight excluding hydrogens is 442 g/mol. The molecule has 5 rings (SSSR count). The molecule has 7 heteroatoms. The van der Waals surface area contributed by atoms with Gasteiger partial charge in [-0.15, -0.1) is 11.3 Å². The molecule has 2 aromatic heterocycles. The Morgan fingerprint density at radius 1 is 0.971 bits per heavy atom. The Morgan fingerprint density at radius 2 is 1.74 bits per heavy atom. The number of anilines is 2. The molecule has 1 N–H and O–H groups in total. The number of hydrogen-bond donors (Lipinski definition) is 1. The molecule has 0 bridgehead atoms. The van der Waals surface area contributed by atoms with Gasteiger partial charge >= 0.3 is 0 Å². The van der Waals surface area contributed by atoms with Gasteiger partial charge in [0.05, 0.1) is 21.6 Å². The number of rotatable bonds is 7. The van der Waals surface area contributed by atoms with Gasteiger partial charge in [0.2, 0.25) is 5.91 Å². The van der Waals surface area contributed by atoms with Crippen molar-refractivity contribution in [2.45, 2.75) is 6.42 Å². The lowest BCUT2D eigenvalue weighted by Gasteiger charge is -2.37. The number of nitrogens with zero attached hydrogens (tertiary/aromatic N) is 4. The minimum absolute atomic E-state index is 0.150. The lowest BCUT2D eigenvalue weighted by Crippen LogP contribution is -2.47. The highest BCUT2D eigenvalue weighted by atomic mass is 32.1. The molecule has 0 unspecified atom stereocenters. The fourth-order valence-electron chi connectivity index (χ4n) is 4.19. The molecule has 172 valence electrons. The largest absolute Gasteiger partial charge is 0.367 e. The Kier molecular flexibility index (Phi) is 6.93. The van der Waals surface area contributed by atoms with Crippen LogP contribution in [0, 0.1) is 0 Å². The van der Waals surface area contributed by atoms with Crippen molar-refractivity contribution >= 4 is 44.9 Å².